The fourth-order valence-electron chi connectivity index (χ4n) is 2.90. The van der Waals surface area contributed by atoms with Gasteiger partial charge in [0.05, 0.1) is 6.04 Å². The Morgan fingerprint density at radius 2 is 1.60 bits per heavy atom. The van der Waals surface area contributed by atoms with Crippen LogP contribution >= 0.6 is 12.2 Å². The standard InChI is InChI=1S/C22H30N2S/c1-6-16(4)18-10-12-19(13-11-18)20(7-2)23-22(25)24-21-14-15(3)8-9-17(21)5/h8-14,16,20H,6-7H2,1-5H3,(H2,23,24,25). The van der Waals surface area contributed by atoms with Gasteiger partial charge in [-0.3, -0.25) is 0 Å². The molecule has 3 heteroatoms. The van der Waals surface area contributed by atoms with Gasteiger partial charge < -0.3 is 10.6 Å². The highest BCUT2D eigenvalue weighted by molar-refractivity contribution is 7.80. The summed E-state index contributed by atoms with van der Waals surface area (Å²) in [5.41, 5.74) is 6.17. The number of aryl methyl sites for hydroxylation is 2. The fraction of sp³-hybridized carbons (Fsp3) is 0.409. The molecule has 2 rings (SSSR count). The predicted molar refractivity (Wildman–Crippen MR) is 113 cm³/mol. The van der Waals surface area contributed by atoms with Crippen molar-refractivity contribution in [1.82, 2.24) is 5.32 Å². The van der Waals surface area contributed by atoms with Crippen LogP contribution in [0.5, 0.6) is 0 Å². The molecule has 0 aliphatic rings. The Kier molecular flexibility index (Phi) is 7.01. The number of hydrogen-bond donors (Lipinski definition) is 2. The van der Waals surface area contributed by atoms with E-state index >= 15 is 0 Å². The Labute approximate surface area is 158 Å². The topological polar surface area (TPSA) is 24.1 Å². The smallest absolute Gasteiger partial charge is 0.171 e. The summed E-state index contributed by atoms with van der Waals surface area (Å²) in [7, 11) is 0. The van der Waals surface area contributed by atoms with Crippen molar-refractivity contribution >= 4 is 23.0 Å². The second kappa shape index (κ2) is 9.00. The molecule has 0 heterocycles. The molecular formula is C22H30N2S. The van der Waals surface area contributed by atoms with E-state index in [1.165, 1.54) is 28.7 Å². The highest BCUT2D eigenvalue weighted by atomic mass is 32.1. The third kappa shape index (κ3) is 5.30. The third-order valence-corrected chi connectivity index (χ3v) is 5.10. The molecule has 0 saturated heterocycles. The van der Waals surface area contributed by atoms with E-state index in [1.54, 1.807) is 0 Å². The molecule has 0 fully saturated rings. The molecular weight excluding hydrogens is 324 g/mol. The lowest BCUT2D eigenvalue weighted by atomic mass is 9.95. The second-order valence-electron chi connectivity index (χ2n) is 6.85. The summed E-state index contributed by atoms with van der Waals surface area (Å²) in [5.74, 6) is 0.606. The summed E-state index contributed by atoms with van der Waals surface area (Å²) in [6.07, 6.45) is 2.15. The Morgan fingerprint density at radius 1 is 0.960 bits per heavy atom. The SMILES string of the molecule is CCC(C)c1ccc(C(CC)NC(=S)Nc2cc(C)ccc2C)cc1. The van der Waals surface area contributed by atoms with E-state index in [9.17, 15) is 0 Å². The van der Waals surface area contributed by atoms with Gasteiger partial charge in [0.2, 0.25) is 0 Å². The van der Waals surface area contributed by atoms with Crippen LogP contribution in [-0.4, -0.2) is 5.11 Å². The molecule has 0 bridgehead atoms. The maximum atomic E-state index is 5.55. The summed E-state index contributed by atoms with van der Waals surface area (Å²) >= 11 is 5.55. The highest BCUT2D eigenvalue weighted by Gasteiger charge is 2.12. The number of hydrogen-bond acceptors (Lipinski definition) is 1. The Bertz CT molecular complexity index is 706. The van der Waals surface area contributed by atoms with Crippen molar-refractivity contribution < 1.29 is 0 Å². The van der Waals surface area contributed by atoms with Crippen LogP contribution in [0.3, 0.4) is 0 Å². The van der Waals surface area contributed by atoms with Crippen LogP contribution in [-0.2, 0) is 0 Å². The summed E-state index contributed by atoms with van der Waals surface area (Å²) in [4.78, 5) is 0. The number of anilines is 1. The van der Waals surface area contributed by atoms with Crippen LogP contribution in [0, 0.1) is 13.8 Å². The molecule has 134 valence electrons. The van der Waals surface area contributed by atoms with E-state index in [4.69, 9.17) is 12.2 Å². The van der Waals surface area contributed by atoms with Gasteiger partial charge in [-0.1, -0.05) is 57.2 Å². The first-order valence-corrected chi connectivity index (χ1v) is 9.60. The summed E-state index contributed by atoms with van der Waals surface area (Å²) in [6.45, 7) is 10.9. The van der Waals surface area contributed by atoms with Crippen LogP contribution in [0.25, 0.3) is 0 Å². The lowest BCUT2D eigenvalue weighted by Gasteiger charge is -2.21. The van der Waals surface area contributed by atoms with E-state index in [2.05, 4.69) is 87.7 Å². The van der Waals surface area contributed by atoms with Crippen LogP contribution in [0.2, 0.25) is 0 Å². The minimum atomic E-state index is 0.219. The van der Waals surface area contributed by atoms with Crippen LogP contribution in [0.15, 0.2) is 42.5 Å². The molecule has 0 aromatic heterocycles. The van der Waals surface area contributed by atoms with Crippen LogP contribution in [0.4, 0.5) is 5.69 Å². The van der Waals surface area contributed by atoms with Crippen molar-refractivity contribution in [2.75, 3.05) is 5.32 Å². The quantitative estimate of drug-likeness (QED) is 0.599. The van der Waals surface area contributed by atoms with Crippen molar-refractivity contribution in [3.8, 4) is 0 Å². The second-order valence-corrected chi connectivity index (χ2v) is 7.26. The van der Waals surface area contributed by atoms with Crippen LogP contribution < -0.4 is 10.6 Å². The molecule has 2 N–H and O–H groups in total. The van der Waals surface area contributed by atoms with Crippen molar-refractivity contribution in [1.29, 1.82) is 0 Å². The molecule has 2 atom stereocenters. The van der Waals surface area contributed by atoms with Crippen molar-refractivity contribution in [3.63, 3.8) is 0 Å². The average molecular weight is 355 g/mol. The molecule has 25 heavy (non-hydrogen) atoms. The Morgan fingerprint density at radius 3 is 2.20 bits per heavy atom. The average Bonchev–Trinajstić information content (AvgIpc) is 2.62. The van der Waals surface area contributed by atoms with E-state index in [0.29, 0.717) is 11.0 Å². The van der Waals surface area contributed by atoms with Crippen molar-refractivity contribution in [3.05, 3.63) is 64.7 Å². The number of thiocarbonyl (C=S) groups is 1. The number of nitrogens with one attached hydrogen (secondary N) is 2. The van der Waals surface area contributed by atoms with Gasteiger partial charge in [-0.15, -0.1) is 0 Å². The van der Waals surface area contributed by atoms with Crippen molar-refractivity contribution in [2.24, 2.45) is 0 Å². The van der Waals surface area contributed by atoms with Gasteiger partial charge in [0.15, 0.2) is 5.11 Å². The lowest BCUT2D eigenvalue weighted by Crippen LogP contribution is -2.32. The van der Waals surface area contributed by atoms with E-state index < -0.39 is 0 Å². The first-order chi connectivity index (χ1) is 11.9. The Hall–Kier alpha value is -1.87. The number of rotatable bonds is 6. The van der Waals surface area contributed by atoms with Gasteiger partial charge in [0.25, 0.3) is 0 Å². The summed E-state index contributed by atoms with van der Waals surface area (Å²) in [5, 5.41) is 7.48. The van der Waals surface area contributed by atoms with Gasteiger partial charge >= 0.3 is 0 Å². The van der Waals surface area contributed by atoms with Gasteiger partial charge in [-0.05, 0) is 73.1 Å². The maximum Gasteiger partial charge on any atom is 0.171 e. The van der Waals surface area contributed by atoms with Gasteiger partial charge in [-0.25, -0.2) is 0 Å². The molecule has 0 radical (unpaired) electrons. The molecule has 0 aliphatic carbocycles. The highest BCUT2D eigenvalue weighted by Crippen LogP contribution is 2.23. The van der Waals surface area contributed by atoms with Gasteiger partial charge in [0.1, 0.15) is 0 Å². The zero-order valence-corrected chi connectivity index (χ0v) is 16.8. The molecule has 2 nitrogen and oxygen atoms in total. The predicted octanol–water partition coefficient (Wildman–Crippen LogP) is 6.25. The summed E-state index contributed by atoms with van der Waals surface area (Å²) < 4.78 is 0. The van der Waals surface area contributed by atoms with Crippen molar-refractivity contribution in [2.45, 2.75) is 59.4 Å². The molecule has 2 aromatic carbocycles. The van der Waals surface area contributed by atoms with Gasteiger partial charge in [0, 0.05) is 5.69 Å². The van der Waals surface area contributed by atoms with Crippen LogP contribution in [0.1, 0.15) is 67.8 Å². The van der Waals surface area contributed by atoms with E-state index in [-0.39, 0.29) is 6.04 Å². The van der Waals surface area contributed by atoms with Gasteiger partial charge in [-0.2, -0.15) is 0 Å². The first-order valence-electron chi connectivity index (χ1n) is 9.19. The fourth-order valence-corrected chi connectivity index (χ4v) is 3.15. The molecule has 0 amide bonds. The third-order valence-electron chi connectivity index (χ3n) is 4.88. The maximum absolute atomic E-state index is 5.55. The largest absolute Gasteiger partial charge is 0.356 e. The molecule has 0 spiro atoms. The summed E-state index contributed by atoms with van der Waals surface area (Å²) in [6, 6.07) is 15.5. The zero-order chi connectivity index (χ0) is 18.4. The molecule has 2 unspecified atom stereocenters. The van der Waals surface area contributed by atoms with E-state index in [0.717, 1.165) is 12.1 Å². The lowest BCUT2D eigenvalue weighted by molar-refractivity contribution is 0.628. The monoisotopic (exact) mass is 354 g/mol. The zero-order valence-electron chi connectivity index (χ0n) is 16.0. The van der Waals surface area contributed by atoms with E-state index in [1.807, 2.05) is 0 Å². The molecule has 0 aliphatic heterocycles. The normalized spacial score (nSPS) is 13.2. The molecule has 0 saturated carbocycles. The minimum absolute atomic E-state index is 0.219. The first kappa shape index (κ1) is 19.5. The molecule has 2 aromatic rings. The minimum Gasteiger partial charge on any atom is -0.356 e. The Balaban J connectivity index is 2.05. The number of benzene rings is 2.